The summed E-state index contributed by atoms with van der Waals surface area (Å²) in [5, 5.41) is 4.92. The van der Waals surface area contributed by atoms with Crippen molar-refractivity contribution in [2.75, 3.05) is 11.9 Å². The van der Waals surface area contributed by atoms with Crippen LogP contribution in [0.4, 0.5) is 5.13 Å². The van der Waals surface area contributed by atoms with Gasteiger partial charge >= 0.3 is 0 Å². The van der Waals surface area contributed by atoms with Gasteiger partial charge in [0.05, 0.1) is 33.6 Å². The van der Waals surface area contributed by atoms with Crippen LogP contribution in [0.25, 0.3) is 32.4 Å². The van der Waals surface area contributed by atoms with Crippen LogP contribution in [0.1, 0.15) is 17.3 Å². The van der Waals surface area contributed by atoms with E-state index in [1.54, 1.807) is 6.07 Å². The Morgan fingerprint density at radius 3 is 2.62 bits per heavy atom. The second kappa shape index (κ2) is 8.57. The number of pyridine rings is 1. The van der Waals surface area contributed by atoms with E-state index in [9.17, 15) is 4.79 Å². The van der Waals surface area contributed by atoms with Crippen LogP contribution in [0, 0.1) is 0 Å². The Balaban J connectivity index is 1.52. The number of amides is 1. The van der Waals surface area contributed by atoms with Crippen LogP contribution in [0.2, 0.25) is 5.02 Å². The summed E-state index contributed by atoms with van der Waals surface area (Å²) in [6.07, 6.45) is 0. The standard InChI is InChI=1S/C25H18ClN3O2S/c1-2-31-17-11-12-21-23(13-17)32-25(28-21)29-24(30)19-14-22(15-7-9-16(26)10-8-15)27-20-6-4-3-5-18(19)20/h3-14H,2H2,1H3,(H,28,29,30). The number of carbonyl (C=O) groups excluding carboxylic acids is 1. The van der Waals surface area contributed by atoms with E-state index in [4.69, 9.17) is 21.3 Å². The number of benzene rings is 3. The van der Waals surface area contributed by atoms with Gasteiger partial charge in [-0.2, -0.15) is 0 Å². The molecule has 0 aliphatic heterocycles. The van der Waals surface area contributed by atoms with Crippen molar-refractivity contribution >= 4 is 55.1 Å². The number of nitrogens with one attached hydrogen (secondary N) is 1. The van der Waals surface area contributed by atoms with Crippen molar-refractivity contribution in [3.05, 3.63) is 83.4 Å². The molecule has 2 heterocycles. The molecular formula is C25H18ClN3O2S. The molecule has 1 amide bonds. The molecule has 2 aromatic heterocycles. The van der Waals surface area contributed by atoms with Gasteiger partial charge in [0.2, 0.25) is 0 Å². The molecular weight excluding hydrogens is 442 g/mol. The van der Waals surface area contributed by atoms with Crippen molar-refractivity contribution in [1.29, 1.82) is 0 Å². The molecule has 0 fully saturated rings. The lowest BCUT2D eigenvalue weighted by Crippen LogP contribution is -2.13. The Labute approximate surface area is 193 Å². The maximum absolute atomic E-state index is 13.3. The molecule has 0 unspecified atom stereocenters. The normalized spacial score (nSPS) is 11.1. The van der Waals surface area contributed by atoms with Crippen molar-refractivity contribution < 1.29 is 9.53 Å². The van der Waals surface area contributed by atoms with E-state index >= 15 is 0 Å². The van der Waals surface area contributed by atoms with Crippen LogP contribution in [0.5, 0.6) is 5.75 Å². The number of nitrogens with zero attached hydrogens (tertiary/aromatic N) is 2. The van der Waals surface area contributed by atoms with Crippen molar-refractivity contribution in [2.45, 2.75) is 6.92 Å². The molecule has 158 valence electrons. The predicted molar refractivity (Wildman–Crippen MR) is 131 cm³/mol. The molecule has 0 radical (unpaired) electrons. The molecule has 5 rings (SSSR count). The number of rotatable bonds is 5. The SMILES string of the molecule is CCOc1ccc2nc(NC(=O)c3cc(-c4ccc(Cl)cc4)nc4ccccc34)sc2c1. The molecule has 0 aliphatic carbocycles. The average molecular weight is 460 g/mol. The summed E-state index contributed by atoms with van der Waals surface area (Å²) in [5.74, 6) is 0.553. The summed E-state index contributed by atoms with van der Waals surface area (Å²) in [6.45, 7) is 2.54. The highest BCUT2D eigenvalue weighted by Gasteiger charge is 2.16. The van der Waals surface area contributed by atoms with E-state index < -0.39 is 0 Å². The molecule has 3 aromatic carbocycles. The molecule has 5 aromatic rings. The van der Waals surface area contributed by atoms with Crippen LogP contribution in [0.3, 0.4) is 0 Å². The van der Waals surface area contributed by atoms with Crippen molar-refractivity contribution in [3.8, 4) is 17.0 Å². The van der Waals surface area contributed by atoms with Gasteiger partial charge in [0, 0.05) is 16.0 Å². The van der Waals surface area contributed by atoms with Gasteiger partial charge in [-0.25, -0.2) is 9.97 Å². The number of ether oxygens (including phenoxy) is 1. The van der Waals surface area contributed by atoms with Gasteiger partial charge in [-0.05, 0) is 49.4 Å². The Morgan fingerprint density at radius 2 is 1.81 bits per heavy atom. The minimum atomic E-state index is -0.233. The highest BCUT2D eigenvalue weighted by molar-refractivity contribution is 7.22. The van der Waals surface area contributed by atoms with Crippen LogP contribution in [-0.2, 0) is 0 Å². The minimum Gasteiger partial charge on any atom is -0.494 e. The van der Waals surface area contributed by atoms with Gasteiger partial charge in [0.15, 0.2) is 5.13 Å². The predicted octanol–water partition coefficient (Wildman–Crippen LogP) is 6.82. The summed E-state index contributed by atoms with van der Waals surface area (Å²) >= 11 is 7.44. The molecule has 0 saturated carbocycles. The van der Waals surface area contributed by atoms with Gasteiger partial charge < -0.3 is 4.74 Å². The quantitative estimate of drug-likeness (QED) is 0.313. The fourth-order valence-electron chi connectivity index (χ4n) is 3.51. The zero-order chi connectivity index (χ0) is 22.1. The summed E-state index contributed by atoms with van der Waals surface area (Å²) in [6, 6.07) is 22.5. The molecule has 5 nitrogen and oxygen atoms in total. The Hall–Kier alpha value is -3.48. The number of hydrogen-bond acceptors (Lipinski definition) is 5. The molecule has 0 aliphatic rings. The zero-order valence-corrected chi connectivity index (χ0v) is 18.7. The lowest BCUT2D eigenvalue weighted by molar-refractivity contribution is 0.102. The largest absolute Gasteiger partial charge is 0.494 e. The van der Waals surface area contributed by atoms with Gasteiger partial charge in [-0.3, -0.25) is 10.1 Å². The molecule has 0 saturated heterocycles. The lowest BCUT2D eigenvalue weighted by atomic mass is 10.0. The highest BCUT2D eigenvalue weighted by atomic mass is 35.5. The molecule has 0 spiro atoms. The Morgan fingerprint density at radius 1 is 1.00 bits per heavy atom. The van der Waals surface area contributed by atoms with Crippen LogP contribution in [0.15, 0.2) is 72.8 Å². The van der Waals surface area contributed by atoms with E-state index in [-0.39, 0.29) is 5.91 Å². The van der Waals surface area contributed by atoms with E-state index in [2.05, 4.69) is 10.3 Å². The van der Waals surface area contributed by atoms with E-state index in [0.29, 0.717) is 28.0 Å². The first kappa shape index (κ1) is 20.4. The van der Waals surface area contributed by atoms with Crippen LogP contribution < -0.4 is 10.1 Å². The van der Waals surface area contributed by atoms with Crippen LogP contribution in [-0.4, -0.2) is 22.5 Å². The fourth-order valence-corrected chi connectivity index (χ4v) is 4.53. The third kappa shape index (κ3) is 4.02. The Bertz CT molecular complexity index is 1450. The zero-order valence-electron chi connectivity index (χ0n) is 17.1. The molecule has 32 heavy (non-hydrogen) atoms. The maximum Gasteiger partial charge on any atom is 0.258 e. The smallest absolute Gasteiger partial charge is 0.258 e. The number of para-hydroxylation sites is 1. The Kier molecular flexibility index (Phi) is 5.47. The third-order valence-corrected chi connectivity index (χ3v) is 6.18. The number of fused-ring (bicyclic) bond motifs is 2. The van der Waals surface area contributed by atoms with Crippen molar-refractivity contribution in [2.24, 2.45) is 0 Å². The number of carbonyl (C=O) groups is 1. The van der Waals surface area contributed by atoms with Gasteiger partial charge in [0.1, 0.15) is 5.75 Å². The summed E-state index contributed by atoms with van der Waals surface area (Å²) in [7, 11) is 0. The molecule has 7 heteroatoms. The van der Waals surface area contributed by atoms with Crippen molar-refractivity contribution in [3.63, 3.8) is 0 Å². The number of hydrogen-bond donors (Lipinski definition) is 1. The average Bonchev–Trinajstić information content (AvgIpc) is 3.20. The van der Waals surface area contributed by atoms with Crippen molar-refractivity contribution in [1.82, 2.24) is 9.97 Å². The third-order valence-electron chi connectivity index (χ3n) is 4.99. The van der Waals surface area contributed by atoms with Gasteiger partial charge in [0.25, 0.3) is 5.91 Å². The van der Waals surface area contributed by atoms with E-state index in [0.717, 1.165) is 32.4 Å². The molecule has 0 atom stereocenters. The number of halogens is 1. The second-order valence-electron chi connectivity index (χ2n) is 7.11. The first-order valence-corrected chi connectivity index (χ1v) is 11.3. The summed E-state index contributed by atoms with van der Waals surface area (Å²) in [5.41, 5.74) is 3.69. The monoisotopic (exact) mass is 459 g/mol. The number of thiazole rings is 1. The number of anilines is 1. The number of aromatic nitrogens is 2. The van der Waals surface area contributed by atoms with Gasteiger partial charge in [-0.15, -0.1) is 0 Å². The van der Waals surface area contributed by atoms with E-state index in [1.165, 1.54) is 11.3 Å². The van der Waals surface area contributed by atoms with E-state index in [1.807, 2.05) is 73.7 Å². The molecule has 0 bridgehead atoms. The maximum atomic E-state index is 13.3. The summed E-state index contributed by atoms with van der Waals surface area (Å²) < 4.78 is 6.51. The minimum absolute atomic E-state index is 0.233. The first-order valence-electron chi connectivity index (χ1n) is 10.1. The van der Waals surface area contributed by atoms with Gasteiger partial charge in [-0.1, -0.05) is 53.3 Å². The fraction of sp³-hybridized carbons (Fsp3) is 0.0800. The van der Waals surface area contributed by atoms with Crippen LogP contribution >= 0.6 is 22.9 Å². The lowest BCUT2D eigenvalue weighted by Gasteiger charge is -2.09. The highest BCUT2D eigenvalue weighted by Crippen LogP contribution is 2.31. The second-order valence-corrected chi connectivity index (χ2v) is 8.58. The topological polar surface area (TPSA) is 64.1 Å². The molecule has 1 N–H and O–H groups in total. The summed E-state index contributed by atoms with van der Waals surface area (Å²) in [4.78, 5) is 22.6. The first-order chi connectivity index (χ1) is 15.6.